The molecule has 1 heterocycles. The summed E-state index contributed by atoms with van der Waals surface area (Å²) in [6.45, 7) is 0.199. The molecule has 0 spiro atoms. The number of benzene rings is 2. The van der Waals surface area contributed by atoms with Crippen LogP contribution in [0.4, 0.5) is 17.6 Å². The van der Waals surface area contributed by atoms with Gasteiger partial charge in [0.1, 0.15) is 17.5 Å². The summed E-state index contributed by atoms with van der Waals surface area (Å²) in [6, 6.07) is 5.72. The number of ether oxygens (including phenoxy) is 1. The average Bonchev–Trinajstić information content (AvgIpc) is 3.11. The molecule has 1 aliphatic heterocycles. The third-order valence-electron chi connectivity index (χ3n) is 6.33. The maximum atomic E-state index is 13.7. The highest BCUT2D eigenvalue weighted by Gasteiger charge is 2.73. The highest BCUT2D eigenvalue weighted by Crippen LogP contribution is 2.74. The lowest BCUT2D eigenvalue weighted by atomic mass is 9.35. The van der Waals surface area contributed by atoms with Gasteiger partial charge >= 0.3 is 0 Å². The third kappa shape index (κ3) is 2.97. The molecule has 0 N–H and O–H groups in total. The van der Waals surface area contributed by atoms with E-state index < -0.39 is 34.7 Å². The van der Waals surface area contributed by atoms with E-state index in [2.05, 4.69) is 5.10 Å². The van der Waals surface area contributed by atoms with E-state index in [1.807, 2.05) is 0 Å². The van der Waals surface area contributed by atoms with Crippen LogP contribution in [0.3, 0.4) is 0 Å². The molecular formula is C22H18F4N2O2. The SMILES string of the molecule is O=C(N1N=CCC1c1cc(F)cc(F)c1)C12CC(COc3cc(F)ccc3F)(C1)C2. The Morgan fingerprint density at radius 3 is 2.43 bits per heavy atom. The van der Waals surface area contributed by atoms with Crippen molar-refractivity contribution in [2.24, 2.45) is 15.9 Å². The molecular weight excluding hydrogens is 400 g/mol. The first-order valence-corrected chi connectivity index (χ1v) is 9.69. The van der Waals surface area contributed by atoms with E-state index in [1.54, 1.807) is 6.21 Å². The van der Waals surface area contributed by atoms with Crippen molar-refractivity contribution in [3.63, 3.8) is 0 Å². The number of hydrogen-bond acceptors (Lipinski definition) is 3. The Morgan fingerprint density at radius 2 is 1.73 bits per heavy atom. The fourth-order valence-corrected chi connectivity index (χ4v) is 5.09. The van der Waals surface area contributed by atoms with Crippen molar-refractivity contribution in [1.82, 2.24) is 5.01 Å². The molecule has 3 fully saturated rings. The standard InChI is InChI=1S/C22H18F4N2O2/c23-14-1-2-17(26)19(8-14)30-12-21-9-22(10-21,11-21)20(29)28-18(3-4-27-28)13-5-15(24)7-16(25)6-13/h1-2,4-8,18H,3,9-12H2. The van der Waals surface area contributed by atoms with Gasteiger partial charge in [0.15, 0.2) is 11.6 Å². The zero-order valence-electron chi connectivity index (χ0n) is 15.9. The Bertz CT molecular complexity index is 1030. The number of rotatable bonds is 5. The Balaban J connectivity index is 1.24. The summed E-state index contributed by atoms with van der Waals surface area (Å²) in [5, 5.41) is 5.48. The molecule has 2 bridgehead atoms. The van der Waals surface area contributed by atoms with Gasteiger partial charge in [0, 0.05) is 30.2 Å². The van der Waals surface area contributed by atoms with Crippen LogP contribution >= 0.6 is 0 Å². The summed E-state index contributed by atoms with van der Waals surface area (Å²) in [6.07, 6.45) is 3.64. The summed E-state index contributed by atoms with van der Waals surface area (Å²) >= 11 is 0. The second-order valence-electron chi connectivity index (χ2n) is 8.58. The molecule has 2 aromatic rings. The van der Waals surface area contributed by atoms with Crippen molar-refractivity contribution >= 4 is 12.1 Å². The molecule has 0 saturated heterocycles. The molecule has 0 aromatic heterocycles. The van der Waals surface area contributed by atoms with Crippen LogP contribution in [-0.4, -0.2) is 23.7 Å². The number of carbonyl (C=O) groups is 1. The van der Waals surface area contributed by atoms with Gasteiger partial charge in [-0.2, -0.15) is 5.10 Å². The second-order valence-corrected chi connectivity index (χ2v) is 8.58. The van der Waals surface area contributed by atoms with Crippen LogP contribution in [0.25, 0.3) is 0 Å². The molecule has 4 aliphatic rings. The predicted molar refractivity (Wildman–Crippen MR) is 99.6 cm³/mol. The van der Waals surface area contributed by atoms with Crippen LogP contribution in [0.1, 0.15) is 37.3 Å². The van der Waals surface area contributed by atoms with Crippen molar-refractivity contribution in [1.29, 1.82) is 0 Å². The van der Waals surface area contributed by atoms with E-state index in [0.717, 1.165) is 24.3 Å². The van der Waals surface area contributed by atoms with E-state index in [4.69, 9.17) is 4.74 Å². The van der Waals surface area contributed by atoms with Gasteiger partial charge in [0.05, 0.1) is 18.1 Å². The van der Waals surface area contributed by atoms with Crippen LogP contribution in [0.2, 0.25) is 0 Å². The van der Waals surface area contributed by atoms with E-state index in [0.29, 0.717) is 31.2 Å². The van der Waals surface area contributed by atoms with E-state index >= 15 is 0 Å². The second kappa shape index (κ2) is 6.55. The summed E-state index contributed by atoms with van der Waals surface area (Å²) in [7, 11) is 0. The molecule has 2 aromatic carbocycles. The molecule has 8 heteroatoms. The Kier molecular flexibility index (Phi) is 4.17. The van der Waals surface area contributed by atoms with Crippen LogP contribution < -0.4 is 4.74 Å². The van der Waals surface area contributed by atoms with Crippen LogP contribution in [0.5, 0.6) is 5.75 Å². The lowest BCUT2D eigenvalue weighted by molar-refractivity contribution is -0.227. The summed E-state index contributed by atoms with van der Waals surface area (Å²) in [4.78, 5) is 13.1. The number of halogens is 4. The monoisotopic (exact) mass is 418 g/mol. The molecule has 156 valence electrons. The first-order valence-electron chi connectivity index (χ1n) is 9.69. The highest BCUT2D eigenvalue weighted by atomic mass is 19.1. The minimum Gasteiger partial charge on any atom is -0.490 e. The normalized spacial score (nSPS) is 28.8. The summed E-state index contributed by atoms with van der Waals surface area (Å²) < 4.78 is 59.7. The number of nitrogens with zero attached hydrogens (tertiary/aromatic N) is 2. The summed E-state index contributed by atoms with van der Waals surface area (Å²) in [5.74, 6) is -2.93. The van der Waals surface area contributed by atoms with Gasteiger partial charge in [-0.3, -0.25) is 4.79 Å². The summed E-state index contributed by atoms with van der Waals surface area (Å²) in [5.41, 5.74) is -0.446. The van der Waals surface area contributed by atoms with Crippen molar-refractivity contribution < 1.29 is 27.1 Å². The van der Waals surface area contributed by atoms with Crippen LogP contribution in [0.15, 0.2) is 41.5 Å². The van der Waals surface area contributed by atoms with E-state index in [-0.39, 0.29) is 23.7 Å². The Labute approximate surface area is 170 Å². The van der Waals surface area contributed by atoms with Crippen LogP contribution in [0, 0.1) is 34.1 Å². The van der Waals surface area contributed by atoms with Crippen molar-refractivity contribution in [3.05, 3.63) is 65.2 Å². The van der Waals surface area contributed by atoms with E-state index in [9.17, 15) is 22.4 Å². The zero-order chi connectivity index (χ0) is 21.1. The minimum atomic E-state index is -0.699. The number of hydrazone groups is 1. The molecule has 1 amide bonds. The average molecular weight is 418 g/mol. The van der Waals surface area contributed by atoms with Crippen molar-refractivity contribution in [2.45, 2.75) is 31.7 Å². The zero-order valence-corrected chi connectivity index (χ0v) is 15.9. The number of carbonyl (C=O) groups excluding carboxylic acids is 1. The fraction of sp³-hybridized carbons (Fsp3) is 0.364. The van der Waals surface area contributed by atoms with Crippen molar-refractivity contribution in [2.75, 3.05) is 6.61 Å². The van der Waals surface area contributed by atoms with Gasteiger partial charge in [-0.05, 0) is 49.1 Å². The topological polar surface area (TPSA) is 41.9 Å². The smallest absolute Gasteiger partial charge is 0.249 e. The fourth-order valence-electron chi connectivity index (χ4n) is 5.09. The van der Waals surface area contributed by atoms with Crippen LogP contribution in [-0.2, 0) is 4.79 Å². The molecule has 6 rings (SSSR count). The molecule has 30 heavy (non-hydrogen) atoms. The van der Waals surface area contributed by atoms with Crippen molar-refractivity contribution in [3.8, 4) is 5.75 Å². The Morgan fingerprint density at radius 1 is 1.03 bits per heavy atom. The maximum Gasteiger partial charge on any atom is 0.249 e. The molecule has 1 unspecified atom stereocenters. The predicted octanol–water partition coefficient (Wildman–Crippen LogP) is 4.75. The first kappa shape index (κ1) is 19.1. The van der Waals surface area contributed by atoms with Gasteiger partial charge in [0.2, 0.25) is 5.91 Å². The Hall–Kier alpha value is -2.90. The van der Waals surface area contributed by atoms with Gasteiger partial charge in [0.25, 0.3) is 0 Å². The number of hydrogen-bond donors (Lipinski definition) is 0. The molecule has 3 saturated carbocycles. The highest BCUT2D eigenvalue weighted by molar-refractivity contribution is 5.88. The molecule has 3 aliphatic carbocycles. The van der Waals surface area contributed by atoms with E-state index in [1.165, 1.54) is 17.1 Å². The quantitative estimate of drug-likeness (QED) is 0.658. The molecule has 4 nitrogen and oxygen atoms in total. The molecule has 0 radical (unpaired) electrons. The van der Waals surface area contributed by atoms with Gasteiger partial charge in [-0.1, -0.05) is 0 Å². The van der Waals surface area contributed by atoms with Gasteiger partial charge in [-0.25, -0.2) is 22.6 Å². The molecule has 1 atom stereocenters. The van der Waals surface area contributed by atoms with Gasteiger partial charge in [-0.15, -0.1) is 0 Å². The number of amides is 1. The first-order chi connectivity index (χ1) is 14.3. The third-order valence-corrected chi connectivity index (χ3v) is 6.33. The lowest BCUT2D eigenvalue weighted by Gasteiger charge is -2.69. The largest absolute Gasteiger partial charge is 0.490 e. The lowest BCUT2D eigenvalue weighted by Crippen LogP contribution is -2.69. The van der Waals surface area contributed by atoms with Gasteiger partial charge < -0.3 is 4.74 Å². The minimum absolute atomic E-state index is 0.141. The maximum absolute atomic E-state index is 13.7.